The van der Waals surface area contributed by atoms with E-state index in [0.29, 0.717) is 17.5 Å². The number of carbonyl (C=O) groups excluding carboxylic acids is 1. The van der Waals surface area contributed by atoms with E-state index in [1.165, 1.54) is 28.6 Å². The highest BCUT2D eigenvalue weighted by Gasteiger charge is 2.22. The highest BCUT2D eigenvalue weighted by Crippen LogP contribution is 2.35. The number of rotatable bonds is 5. The minimum absolute atomic E-state index is 0.0550. The summed E-state index contributed by atoms with van der Waals surface area (Å²) in [6.45, 7) is 6.54. The fraction of sp³-hybridized carbons (Fsp3) is 0.450. The zero-order chi connectivity index (χ0) is 19.1. The lowest BCUT2D eigenvalue weighted by Gasteiger charge is -2.12. The number of fused-ring (bicyclic) bond motifs is 3. The van der Waals surface area contributed by atoms with Gasteiger partial charge in [0.25, 0.3) is 5.56 Å². The Bertz CT molecular complexity index is 1090. The molecule has 7 heteroatoms. The van der Waals surface area contributed by atoms with Gasteiger partial charge in [-0.3, -0.25) is 14.2 Å². The van der Waals surface area contributed by atoms with E-state index in [1.54, 1.807) is 27.2 Å². The summed E-state index contributed by atoms with van der Waals surface area (Å²) in [6.07, 6.45) is 4.38. The number of aromatic nitrogens is 2. The Hall–Kier alpha value is -1.44. The van der Waals surface area contributed by atoms with Crippen LogP contribution >= 0.6 is 34.4 Å². The number of carbonyl (C=O) groups is 1. The van der Waals surface area contributed by atoms with Gasteiger partial charge in [-0.1, -0.05) is 11.8 Å². The van der Waals surface area contributed by atoms with Crippen molar-refractivity contribution in [3.63, 3.8) is 0 Å². The first-order valence-electron chi connectivity index (χ1n) is 9.27. The molecule has 0 unspecified atom stereocenters. The van der Waals surface area contributed by atoms with E-state index in [4.69, 9.17) is 4.98 Å². The molecule has 3 aromatic rings. The topological polar surface area (TPSA) is 52.0 Å². The first kappa shape index (κ1) is 18.9. The van der Waals surface area contributed by atoms with Gasteiger partial charge in [0, 0.05) is 26.7 Å². The Morgan fingerprint density at radius 2 is 2.04 bits per heavy atom. The van der Waals surface area contributed by atoms with Crippen LogP contribution in [0.15, 0.2) is 16.0 Å². The molecule has 27 heavy (non-hydrogen) atoms. The van der Waals surface area contributed by atoms with Crippen molar-refractivity contribution in [2.24, 2.45) is 0 Å². The standard InChI is InChI=1S/C20H22N2O2S3/c1-4-22-19(24)17-13-7-5-6-8-16(13)27-18(17)21-20(22)25-10-15(23)14-9-11(2)26-12(14)3/h9H,4-8,10H2,1-3H3. The summed E-state index contributed by atoms with van der Waals surface area (Å²) in [4.78, 5) is 34.9. The van der Waals surface area contributed by atoms with Gasteiger partial charge in [0.1, 0.15) is 4.83 Å². The van der Waals surface area contributed by atoms with Gasteiger partial charge in [-0.05, 0) is 58.1 Å². The van der Waals surface area contributed by atoms with Crippen LogP contribution in [0.3, 0.4) is 0 Å². The number of Topliss-reactive ketones (excluding diaryl/α,β-unsaturated/α-hetero) is 1. The molecule has 1 aliphatic carbocycles. The minimum atomic E-state index is 0.0550. The maximum Gasteiger partial charge on any atom is 0.263 e. The van der Waals surface area contributed by atoms with E-state index in [0.717, 1.165) is 44.8 Å². The summed E-state index contributed by atoms with van der Waals surface area (Å²) in [7, 11) is 0. The molecule has 142 valence electrons. The van der Waals surface area contributed by atoms with Crippen LogP contribution in [-0.4, -0.2) is 21.1 Å². The second-order valence-electron chi connectivity index (χ2n) is 6.87. The van der Waals surface area contributed by atoms with E-state index in [-0.39, 0.29) is 11.3 Å². The van der Waals surface area contributed by atoms with E-state index in [9.17, 15) is 9.59 Å². The molecule has 0 aromatic carbocycles. The number of nitrogens with zero attached hydrogens (tertiary/aromatic N) is 2. The molecule has 0 spiro atoms. The summed E-state index contributed by atoms with van der Waals surface area (Å²) < 4.78 is 1.73. The van der Waals surface area contributed by atoms with Gasteiger partial charge < -0.3 is 0 Å². The number of hydrogen-bond acceptors (Lipinski definition) is 6. The number of thiophene rings is 2. The molecule has 0 aliphatic heterocycles. The molecule has 0 saturated carbocycles. The van der Waals surface area contributed by atoms with Gasteiger partial charge in [0.05, 0.1) is 11.1 Å². The van der Waals surface area contributed by atoms with Crippen LogP contribution in [0.25, 0.3) is 10.2 Å². The lowest BCUT2D eigenvalue weighted by molar-refractivity contribution is 0.102. The SMILES string of the molecule is CCn1c(SCC(=O)c2cc(C)sc2C)nc2sc3c(c2c1=O)CCCC3. The molecule has 0 N–H and O–H groups in total. The van der Waals surface area contributed by atoms with Gasteiger partial charge in [0.2, 0.25) is 0 Å². The summed E-state index contributed by atoms with van der Waals surface area (Å²) >= 11 is 4.69. The molecule has 4 nitrogen and oxygen atoms in total. The smallest absolute Gasteiger partial charge is 0.263 e. The number of aryl methyl sites for hydroxylation is 4. The Morgan fingerprint density at radius 3 is 2.74 bits per heavy atom. The van der Waals surface area contributed by atoms with Crippen molar-refractivity contribution in [2.45, 2.75) is 58.2 Å². The van der Waals surface area contributed by atoms with Crippen LogP contribution in [0.4, 0.5) is 0 Å². The quantitative estimate of drug-likeness (QED) is 0.332. The number of hydrogen-bond donors (Lipinski definition) is 0. The van der Waals surface area contributed by atoms with Crippen molar-refractivity contribution < 1.29 is 4.79 Å². The minimum Gasteiger partial charge on any atom is -0.293 e. The highest BCUT2D eigenvalue weighted by atomic mass is 32.2. The van der Waals surface area contributed by atoms with Crippen molar-refractivity contribution in [1.29, 1.82) is 0 Å². The van der Waals surface area contributed by atoms with Crippen molar-refractivity contribution in [2.75, 3.05) is 5.75 Å². The van der Waals surface area contributed by atoms with Crippen molar-refractivity contribution in [1.82, 2.24) is 9.55 Å². The highest BCUT2D eigenvalue weighted by molar-refractivity contribution is 7.99. The summed E-state index contributed by atoms with van der Waals surface area (Å²) in [5, 5.41) is 1.48. The average molecular weight is 419 g/mol. The molecule has 3 heterocycles. The second-order valence-corrected chi connectivity index (χ2v) is 10.4. The van der Waals surface area contributed by atoms with E-state index in [1.807, 2.05) is 26.8 Å². The molecule has 1 aliphatic rings. The van der Waals surface area contributed by atoms with Gasteiger partial charge in [-0.15, -0.1) is 22.7 Å². The Morgan fingerprint density at radius 1 is 1.26 bits per heavy atom. The normalized spacial score (nSPS) is 13.9. The number of ketones is 1. The van der Waals surface area contributed by atoms with Crippen molar-refractivity contribution >= 4 is 50.4 Å². The average Bonchev–Trinajstić information content (AvgIpc) is 3.18. The summed E-state index contributed by atoms with van der Waals surface area (Å²) in [6, 6.07) is 1.96. The monoisotopic (exact) mass is 418 g/mol. The molecule has 3 aromatic heterocycles. The van der Waals surface area contributed by atoms with Crippen molar-refractivity contribution in [3.05, 3.63) is 42.2 Å². The second kappa shape index (κ2) is 7.53. The predicted molar refractivity (Wildman–Crippen MR) is 115 cm³/mol. The molecule has 4 rings (SSSR count). The Kier molecular flexibility index (Phi) is 5.27. The Balaban J connectivity index is 1.68. The van der Waals surface area contributed by atoms with Crippen LogP contribution in [0.1, 0.15) is 50.3 Å². The van der Waals surface area contributed by atoms with E-state index < -0.39 is 0 Å². The third-order valence-electron chi connectivity index (χ3n) is 5.03. The maximum absolute atomic E-state index is 13.1. The fourth-order valence-corrected chi connectivity index (χ4v) is 6.92. The zero-order valence-corrected chi connectivity index (χ0v) is 18.2. The zero-order valence-electron chi connectivity index (χ0n) is 15.8. The van der Waals surface area contributed by atoms with Gasteiger partial charge in [-0.25, -0.2) is 4.98 Å². The van der Waals surface area contributed by atoms with Gasteiger partial charge in [-0.2, -0.15) is 0 Å². The lowest BCUT2D eigenvalue weighted by Crippen LogP contribution is -2.23. The summed E-state index contributed by atoms with van der Waals surface area (Å²) in [5.41, 5.74) is 2.07. The first-order chi connectivity index (χ1) is 13.0. The third-order valence-corrected chi connectivity index (χ3v) is 8.16. The third kappa shape index (κ3) is 3.41. The first-order valence-corrected chi connectivity index (χ1v) is 11.9. The lowest BCUT2D eigenvalue weighted by atomic mass is 9.97. The number of thioether (sulfide) groups is 1. The van der Waals surface area contributed by atoms with Crippen molar-refractivity contribution in [3.8, 4) is 0 Å². The van der Waals surface area contributed by atoms with E-state index in [2.05, 4.69) is 0 Å². The summed E-state index contributed by atoms with van der Waals surface area (Å²) in [5.74, 6) is 0.407. The van der Waals surface area contributed by atoms with Crippen LogP contribution in [0.5, 0.6) is 0 Å². The molecule has 0 bridgehead atoms. The van der Waals surface area contributed by atoms with Crippen LogP contribution < -0.4 is 5.56 Å². The molecular weight excluding hydrogens is 396 g/mol. The predicted octanol–water partition coefficient (Wildman–Crippen LogP) is 5.01. The molecular formula is C20H22N2O2S3. The maximum atomic E-state index is 13.1. The molecule has 0 saturated heterocycles. The fourth-order valence-electron chi connectivity index (χ4n) is 3.72. The Labute approximate surface area is 170 Å². The molecule has 0 amide bonds. The van der Waals surface area contributed by atoms with Crippen LogP contribution in [-0.2, 0) is 19.4 Å². The largest absolute Gasteiger partial charge is 0.293 e. The molecule has 0 atom stereocenters. The molecule has 0 fully saturated rings. The van der Waals surface area contributed by atoms with Gasteiger partial charge in [0.15, 0.2) is 10.9 Å². The van der Waals surface area contributed by atoms with Gasteiger partial charge >= 0.3 is 0 Å². The van der Waals surface area contributed by atoms with Crippen LogP contribution in [0.2, 0.25) is 0 Å². The van der Waals surface area contributed by atoms with E-state index >= 15 is 0 Å². The van der Waals surface area contributed by atoms with Crippen LogP contribution in [0, 0.1) is 13.8 Å². The molecule has 0 radical (unpaired) electrons.